The van der Waals surface area contributed by atoms with E-state index in [2.05, 4.69) is 36.5 Å². The van der Waals surface area contributed by atoms with E-state index in [-0.39, 0.29) is 23.8 Å². The fraction of sp³-hybridized carbons (Fsp3) is 0.440. The molecule has 1 atom stereocenters. The average Bonchev–Trinajstić information content (AvgIpc) is 3.47. The highest BCUT2D eigenvalue weighted by Gasteiger charge is 2.34. The van der Waals surface area contributed by atoms with E-state index in [0.29, 0.717) is 19.5 Å². The summed E-state index contributed by atoms with van der Waals surface area (Å²) in [6.07, 6.45) is 4.45. The van der Waals surface area contributed by atoms with Crippen LogP contribution in [0, 0.1) is 12.8 Å². The molecular weight excluding hydrogens is 376 g/mol. The Balaban J connectivity index is 1.44. The normalized spacial score (nSPS) is 18.2. The Bertz CT molecular complexity index is 884. The maximum atomic E-state index is 13.0. The lowest BCUT2D eigenvalue weighted by Crippen LogP contribution is -2.33. The molecule has 1 aliphatic carbocycles. The predicted molar refractivity (Wildman–Crippen MR) is 117 cm³/mol. The quantitative estimate of drug-likeness (QED) is 0.726. The van der Waals surface area contributed by atoms with Gasteiger partial charge in [0.05, 0.1) is 19.1 Å². The second kappa shape index (κ2) is 9.43. The predicted octanol–water partition coefficient (Wildman–Crippen LogP) is 3.78. The Morgan fingerprint density at radius 3 is 2.57 bits per heavy atom. The van der Waals surface area contributed by atoms with E-state index in [4.69, 9.17) is 4.74 Å². The minimum absolute atomic E-state index is 0.0127. The van der Waals surface area contributed by atoms with Crippen LogP contribution >= 0.6 is 0 Å². The molecule has 0 radical (unpaired) electrons. The lowest BCUT2D eigenvalue weighted by molar-refractivity contribution is -0.121. The molecule has 4 rings (SSSR count). The van der Waals surface area contributed by atoms with Crippen LogP contribution in [-0.4, -0.2) is 31.1 Å². The van der Waals surface area contributed by atoms with Gasteiger partial charge in [-0.25, -0.2) is 0 Å². The van der Waals surface area contributed by atoms with Gasteiger partial charge in [-0.15, -0.1) is 0 Å². The van der Waals surface area contributed by atoms with E-state index in [1.165, 1.54) is 5.56 Å². The lowest BCUT2D eigenvalue weighted by Gasteiger charge is -2.24. The number of ether oxygens (including phenoxy) is 1. The van der Waals surface area contributed by atoms with E-state index >= 15 is 0 Å². The molecule has 2 amide bonds. The number of anilines is 1. The number of rotatable bonds is 8. The molecule has 2 aliphatic rings. The summed E-state index contributed by atoms with van der Waals surface area (Å²) in [5, 5.41) is 2.97. The van der Waals surface area contributed by atoms with Gasteiger partial charge in [-0.2, -0.15) is 0 Å². The third-order valence-electron chi connectivity index (χ3n) is 5.79. The Morgan fingerprint density at radius 1 is 1.07 bits per heavy atom. The third kappa shape index (κ3) is 5.48. The second-order valence-electron chi connectivity index (χ2n) is 8.47. The first-order chi connectivity index (χ1) is 14.6. The zero-order valence-electron chi connectivity index (χ0n) is 17.6. The first kappa shape index (κ1) is 20.6. The molecule has 2 aromatic rings. The zero-order valence-corrected chi connectivity index (χ0v) is 17.6. The lowest BCUT2D eigenvalue weighted by atomic mass is 10.1. The topological polar surface area (TPSA) is 58.6 Å². The van der Waals surface area contributed by atoms with E-state index < -0.39 is 0 Å². The number of hydrogen-bond acceptors (Lipinski definition) is 3. The monoisotopic (exact) mass is 406 g/mol. The number of carbonyl (C=O) groups is 2. The maximum absolute atomic E-state index is 13.0. The highest BCUT2D eigenvalue weighted by atomic mass is 16.5. The van der Waals surface area contributed by atoms with Gasteiger partial charge in [0.15, 0.2) is 0 Å². The van der Waals surface area contributed by atoms with Crippen molar-refractivity contribution < 1.29 is 14.3 Å². The van der Waals surface area contributed by atoms with Crippen LogP contribution in [0.2, 0.25) is 0 Å². The van der Waals surface area contributed by atoms with Crippen LogP contribution in [0.1, 0.15) is 42.4 Å². The van der Waals surface area contributed by atoms with Crippen molar-refractivity contribution in [2.24, 2.45) is 5.92 Å². The van der Waals surface area contributed by atoms with Gasteiger partial charge >= 0.3 is 0 Å². The van der Waals surface area contributed by atoms with Crippen LogP contribution in [-0.2, 0) is 27.3 Å². The standard InChI is InChI=1S/C25H30N2O3/c1-18-7-9-19(10-8-18)17-27(25(29)21-11-12-21)22-5-2-4-20(14-22)15-24(28)26-16-23-6-3-13-30-23/h2,4-5,7-10,14,21,23H,3,6,11-13,15-17H2,1H3,(H,26,28)/t23-/m0/s1. The third-order valence-corrected chi connectivity index (χ3v) is 5.79. The molecule has 1 heterocycles. The molecular formula is C25H30N2O3. The van der Waals surface area contributed by atoms with Crippen LogP contribution in [0.3, 0.4) is 0 Å². The molecule has 158 valence electrons. The minimum Gasteiger partial charge on any atom is -0.376 e. The molecule has 0 aromatic heterocycles. The highest BCUT2D eigenvalue weighted by Crippen LogP contribution is 2.33. The Morgan fingerprint density at radius 2 is 1.87 bits per heavy atom. The molecule has 1 saturated carbocycles. The first-order valence-electron chi connectivity index (χ1n) is 10.9. The van der Waals surface area contributed by atoms with E-state index in [1.54, 1.807) is 0 Å². The smallest absolute Gasteiger partial charge is 0.230 e. The molecule has 5 heteroatoms. The van der Waals surface area contributed by atoms with Gasteiger partial charge in [-0.1, -0.05) is 42.0 Å². The summed E-state index contributed by atoms with van der Waals surface area (Å²) in [5.41, 5.74) is 4.08. The maximum Gasteiger partial charge on any atom is 0.230 e. The van der Waals surface area contributed by atoms with Crippen molar-refractivity contribution in [1.29, 1.82) is 0 Å². The summed E-state index contributed by atoms with van der Waals surface area (Å²) in [4.78, 5) is 27.2. The van der Waals surface area contributed by atoms with Crippen molar-refractivity contribution in [3.63, 3.8) is 0 Å². The molecule has 1 aliphatic heterocycles. The molecule has 1 N–H and O–H groups in total. The zero-order chi connectivity index (χ0) is 20.9. The average molecular weight is 407 g/mol. The van der Waals surface area contributed by atoms with Crippen molar-refractivity contribution >= 4 is 17.5 Å². The molecule has 2 aromatic carbocycles. The SMILES string of the molecule is Cc1ccc(CN(C(=O)C2CC2)c2cccc(CC(=O)NC[C@@H]3CCCO3)c2)cc1. The van der Waals surface area contributed by atoms with Crippen LogP contribution in [0.5, 0.6) is 0 Å². The summed E-state index contributed by atoms with van der Waals surface area (Å²) in [6, 6.07) is 16.1. The van der Waals surface area contributed by atoms with Gasteiger partial charge in [0.2, 0.25) is 11.8 Å². The van der Waals surface area contributed by atoms with Crippen molar-refractivity contribution in [2.45, 2.75) is 51.7 Å². The molecule has 0 bridgehead atoms. The van der Waals surface area contributed by atoms with Gasteiger partial charge < -0.3 is 15.0 Å². The van der Waals surface area contributed by atoms with E-state index in [0.717, 1.165) is 49.1 Å². The molecule has 0 spiro atoms. The molecule has 1 saturated heterocycles. The number of hydrogen-bond donors (Lipinski definition) is 1. The second-order valence-corrected chi connectivity index (χ2v) is 8.47. The number of nitrogens with zero attached hydrogens (tertiary/aromatic N) is 1. The molecule has 2 fully saturated rings. The van der Waals surface area contributed by atoms with E-state index in [9.17, 15) is 9.59 Å². The number of benzene rings is 2. The molecule has 0 unspecified atom stereocenters. The van der Waals surface area contributed by atoms with Gasteiger partial charge in [0.25, 0.3) is 0 Å². The number of amides is 2. The number of aryl methyl sites for hydroxylation is 1. The largest absolute Gasteiger partial charge is 0.376 e. The van der Waals surface area contributed by atoms with Crippen LogP contribution in [0.4, 0.5) is 5.69 Å². The Hall–Kier alpha value is -2.66. The molecule has 5 nitrogen and oxygen atoms in total. The summed E-state index contributed by atoms with van der Waals surface area (Å²) < 4.78 is 5.56. The summed E-state index contributed by atoms with van der Waals surface area (Å²) in [7, 11) is 0. The van der Waals surface area contributed by atoms with Crippen molar-refractivity contribution in [3.8, 4) is 0 Å². The van der Waals surface area contributed by atoms with Crippen LogP contribution < -0.4 is 10.2 Å². The van der Waals surface area contributed by atoms with Gasteiger partial charge in [0, 0.05) is 24.8 Å². The van der Waals surface area contributed by atoms with Gasteiger partial charge in [0.1, 0.15) is 0 Å². The van der Waals surface area contributed by atoms with Crippen molar-refractivity contribution in [2.75, 3.05) is 18.1 Å². The van der Waals surface area contributed by atoms with Crippen LogP contribution in [0.25, 0.3) is 0 Å². The Labute approximate surface area is 178 Å². The van der Waals surface area contributed by atoms with E-state index in [1.807, 2.05) is 29.2 Å². The Kier molecular flexibility index (Phi) is 6.48. The fourth-order valence-corrected chi connectivity index (χ4v) is 3.84. The summed E-state index contributed by atoms with van der Waals surface area (Å²) in [5.74, 6) is 0.297. The fourth-order valence-electron chi connectivity index (χ4n) is 3.84. The van der Waals surface area contributed by atoms with Crippen molar-refractivity contribution in [3.05, 3.63) is 65.2 Å². The van der Waals surface area contributed by atoms with Gasteiger partial charge in [-0.3, -0.25) is 9.59 Å². The molecule has 30 heavy (non-hydrogen) atoms. The first-order valence-corrected chi connectivity index (χ1v) is 10.9. The minimum atomic E-state index is -0.0127. The van der Waals surface area contributed by atoms with Gasteiger partial charge in [-0.05, 0) is 55.9 Å². The number of nitrogens with one attached hydrogen (secondary N) is 1. The summed E-state index contributed by atoms with van der Waals surface area (Å²) >= 11 is 0. The summed E-state index contributed by atoms with van der Waals surface area (Å²) in [6.45, 7) is 3.96. The van der Waals surface area contributed by atoms with Crippen LogP contribution in [0.15, 0.2) is 48.5 Å². The van der Waals surface area contributed by atoms with Crippen molar-refractivity contribution in [1.82, 2.24) is 5.32 Å². The number of carbonyl (C=O) groups excluding carboxylic acids is 2. The highest BCUT2D eigenvalue weighted by molar-refractivity contribution is 5.96.